The van der Waals surface area contributed by atoms with Gasteiger partial charge in [-0.2, -0.15) is 0 Å². The molecule has 0 aliphatic rings. The van der Waals surface area contributed by atoms with Crippen LogP contribution in [0.15, 0.2) is 0 Å². The molecule has 0 heterocycles. The van der Waals surface area contributed by atoms with Gasteiger partial charge in [-0.25, -0.2) is 0 Å². The molecule has 0 fully saturated rings. The molecule has 0 aromatic heterocycles. The third-order valence-corrected chi connectivity index (χ3v) is 0. The van der Waals surface area contributed by atoms with Crippen molar-refractivity contribution in [2.75, 3.05) is 0 Å². The summed E-state index contributed by atoms with van der Waals surface area (Å²) in [5, 5.41) is 0. The number of hydrogen-bond acceptors (Lipinski definition) is 0. The van der Waals surface area contributed by atoms with Gasteiger partial charge >= 0.3 is 23.9 Å². The van der Waals surface area contributed by atoms with Gasteiger partial charge in [-0.1, -0.05) is 0 Å². The summed E-state index contributed by atoms with van der Waals surface area (Å²) >= 11 is 0. The summed E-state index contributed by atoms with van der Waals surface area (Å²) in [6, 6.07) is 0. The Hall–Kier alpha value is 1.92. The topological polar surface area (TPSA) is 31.5 Å². The van der Waals surface area contributed by atoms with Crippen LogP contribution in [0.4, 0.5) is 0 Å². The monoisotopic (exact) mass is 278 g/mol. The summed E-state index contributed by atoms with van der Waals surface area (Å²) in [4.78, 5) is 0. The average Bonchev–Trinajstić information content (AvgIpc) is 0. The smallest absolute Gasteiger partial charge is 1.00 e. The Bertz CT molecular complexity index is 7.51. The Labute approximate surface area is 78.5 Å². The third-order valence-electron chi connectivity index (χ3n) is 0. The van der Waals surface area contributed by atoms with Crippen molar-refractivity contribution in [1.82, 2.24) is 0 Å². The molecule has 0 aromatic carbocycles. The van der Waals surface area contributed by atoms with Gasteiger partial charge in [0.1, 0.15) is 0 Å². The Morgan fingerprint density at radius 3 is 0.500 bits per heavy atom. The van der Waals surface area contributed by atoms with E-state index >= 15 is 0 Å². The predicted octanol–water partition coefficient (Wildman–Crippen LogP) is -13.2. The second kappa shape index (κ2) is 65.8. The molecule has 0 aromatic rings. The van der Waals surface area contributed by atoms with E-state index in [1.54, 1.807) is 0 Å². The molecule has 0 spiro atoms. The Morgan fingerprint density at radius 2 is 0.500 bits per heavy atom. The zero-order chi connectivity index (χ0) is 0. The predicted molar refractivity (Wildman–Crippen MR) is 9.37 cm³/mol. The van der Waals surface area contributed by atoms with Crippen LogP contribution >= 0.6 is 0 Å². The number of rotatable bonds is 0. The molecule has 1 nitrogen and oxygen atoms in total. The molecule has 0 amide bonds. The summed E-state index contributed by atoms with van der Waals surface area (Å²) in [5.41, 5.74) is 0. The van der Waals surface area contributed by atoms with Crippen LogP contribution in [0.5, 0.6) is 0 Å². The van der Waals surface area contributed by atoms with Crippen LogP contribution in [0.25, 0.3) is 0 Å². The van der Waals surface area contributed by atoms with Crippen LogP contribution in [-0.2, 0) is 0 Å². The molecule has 40 valence electrons. The van der Waals surface area contributed by atoms with Gasteiger partial charge in [-0.05, 0) is 0 Å². The summed E-state index contributed by atoms with van der Waals surface area (Å²) in [7, 11) is 0. The van der Waals surface area contributed by atoms with Crippen LogP contribution in [-0.4, -0.2) is 29.4 Å². The van der Waals surface area contributed by atoms with E-state index in [0.29, 0.717) is 0 Å². The molecule has 0 unspecified atom stereocenters. The van der Waals surface area contributed by atoms with Gasteiger partial charge in [0.05, 0.1) is 0 Å². The second-order valence-corrected chi connectivity index (χ2v) is 0. The van der Waals surface area contributed by atoms with E-state index < -0.39 is 0 Å². The van der Waals surface area contributed by atoms with E-state index in [9.17, 15) is 0 Å². The Balaban J connectivity index is 0. The maximum absolute atomic E-state index is 0. The van der Waals surface area contributed by atoms with Crippen LogP contribution < -0.4 is 49.6 Å². The van der Waals surface area contributed by atoms with E-state index in [1.165, 1.54) is 0 Å². The second-order valence-electron chi connectivity index (χ2n) is 0. The van der Waals surface area contributed by atoms with Crippen LogP contribution in [0.1, 0.15) is 0 Å². The maximum atomic E-state index is 0. The van der Waals surface area contributed by atoms with Crippen molar-refractivity contribution in [3.63, 3.8) is 0 Å². The normalized spacial score (nSPS) is 0. The molecule has 0 saturated carbocycles. The molecule has 0 atom stereocenters. The van der Waals surface area contributed by atoms with Crippen molar-refractivity contribution < 1.29 is 55.1 Å². The minimum Gasteiger partial charge on any atom is -1.00 e. The van der Waals surface area contributed by atoms with Crippen LogP contribution in [0.3, 0.4) is 0 Å². The summed E-state index contributed by atoms with van der Waals surface area (Å²) in [5.74, 6) is 0. The summed E-state index contributed by atoms with van der Waals surface area (Å²) in [6.45, 7) is 0. The molecule has 0 bridgehead atoms. The molecule has 0 aliphatic carbocycles. The molecule has 6 heteroatoms. The molecule has 2 N–H and O–H groups in total. The largest absolute Gasteiger partial charge is 4.00 e. The van der Waals surface area contributed by atoms with E-state index in [4.69, 9.17) is 0 Å². The van der Waals surface area contributed by atoms with E-state index in [1.807, 2.05) is 0 Å². The van der Waals surface area contributed by atoms with E-state index in [-0.39, 0.29) is 79.0 Å². The van der Waals surface area contributed by atoms with Crippen molar-refractivity contribution in [3.05, 3.63) is 0 Å². The van der Waals surface area contributed by atoms with Crippen molar-refractivity contribution in [3.8, 4) is 0 Å². The van der Waals surface area contributed by atoms with Crippen molar-refractivity contribution in [1.29, 1.82) is 0 Å². The van der Waals surface area contributed by atoms with Crippen LogP contribution in [0.2, 0.25) is 0 Å². The van der Waals surface area contributed by atoms with E-state index in [2.05, 4.69) is 0 Å². The fourth-order valence-electron chi connectivity index (χ4n) is 0. The van der Waals surface area contributed by atoms with Crippen LogP contribution in [0, 0.1) is 0 Å². The minimum absolute atomic E-state index is 0. The van der Waals surface area contributed by atoms with Gasteiger partial charge in [0.2, 0.25) is 0 Å². The first-order chi connectivity index (χ1) is 0. The molecule has 0 rings (SSSR count). The van der Waals surface area contributed by atoms with Gasteiger partial charge in [-0.3, -0.25) is 0 Å². The first kappa shape index (κ1) is 103. The maximum Gasteiger partial charge on any atom is 4.00 e. The molecular formula is H2Cl4OSn. The van der Waals surface area contributed by atoms with Crippen molar-refractivity contribution in [2.45, 2.75) is 0 Å². The Kier molecular flexibility index (Phi) is 1130. The number of halogens is 4. The zero-order valence-electron chi connectivity index (χ0n) is 2.51. The first-order valence-corrected chi connectivity index (χ1v) is 0. The van der Waals surface area contributed by atoms with Gasteiger partial charge in [0.25, 0.3) is 0 Å². The fraction of sp³-hybridized carbons (Fsp3) is 0. The fourth-order valence-corrected chi connectivity index (χ4v) is 0. The quantitative estimate of drug-likeness (QED) is 0.394. The van der Waals surface area contributed by atoms with Crippen molar-refractivity contribution >= 4 is 23.9 Å². The first-order valence-electron chi connectivity index (χ1n) is 0. The summed E-state index contributed by atoms with van der Waals surface area (Å²) < 4.78 is 0. The molecule has 0 aliphatic heterocycles. The number of hydrogen-bond donors (Lipinski definition) is 0. The molecular weight excluding hydrogens is 277 g/mol. The Morgan fingerprint density at radius 1 is 0.500 bits per heavy atom. The van der Waals surface area contributed by atoms with E-state index in [0.717, 1.165) is 0 Å². The SMILES string of the molecule is O.[Cl-].[Cl-].[Cl-].[Cl-].[Sn+4]. The molecule has 6 heavy (non-hydrogen) atoms. The summed E-state index contributed by atoms with van der Waals surface area (Å²) in [6.07, 6.45) is 0. The standard InChI is InChI=1S/4ClH.H2O.Sn/h4*1H;1H2;/q;;;;;+4/p-4. The van der Waals surface area contributed by atoms with Gasteiger partial charge in [0.15, 0.2) is 0 Å². The zero-order valence-corrected chi connectivity index (χ0v) is 8.39. The van der Waals surface area contributed by atoms with Gasteiger partial charge in [0, 0.05) is 0 Å². The average molecular weight is 279 g/mol. The van der Waals surface area contributed by atoms with Gasteiger partial charge in [-0.15, -0.1) is 0 Å². The molecule has 0 radical (unpaired) electrons. The van der Waals surface area contributed by atoms with Crippen molar-refractivity contribution in [2.24, 2.45) is 0 Å². The van der Waals surface area contributed by atoms with Gasteiger partial charge < -0.3 is 55.1 Å². The minimum atomic E-state index is 0. The molecule has 0 saturated heterocycles. The third kappa shape index (κ3) is 38.9.